The Hall–Kier alpha value is -0.730. The number of fused-ring (bicyclic) bond motifs is 3. The summed E-state index contributed by atoms with van der Waals surface area (Å²) in [5.41, 5.74) is -1.19. The molecule has 1 spiro atoms. The zero-order chi connectivity index (χ0) is 20.6. The van der Waals surface area contributed by atoms with Gasteiger partial charge in [-0.1, -0.05) is 20.3 Å². The smallest absolute Gasteiger partial charge is 0.302 e. The Labute approximate surface area is 172 Å². The van der Waals surface area contributed by atoms with Crippen molar-refractivity contribution >= 4 is 5.97 Å². The molecule has 164 valence electrons. The molecule has 7 heteroatoms. The Morgan fingerprint density at radius 1 is 1.21 bits per heavy atom. The van der Waals surface area contributed by atoms with E-state index in [1.54, 1.807) is 0 Å². The molecule has 2 N–H and O–H groups in total. The number of ether oxygens (including phenoxy) is 4. The normalized spacial score (nSPS) is 56.1. The van der Waals surface area contributed by atoms with Gasteiger partial charge in [0.05, 0.1) is 24.2 Å². The standard InChI is InChI=1S/C22H34O7/c1-12-7-16(24)22(11-26-13(2)23)15(5-4-6-21(22)10-27-21)20(12,3)17-8-14-9-18(25)29-19(14)28-17/h12,14-19,24-25H,4-11H2,1-3H3/t12-,14+,15-,16+,17+,18-,19-,20+,21+,22+/m1/s1. The number of aliphatic hydroxyl groups is 2. The van der Waals surface area contributed by atoms with Gasteiger partial charge in [-0.05, 0) is 37.5 Å². The van der Waals surface area contributed by atoms with Crippen molar-refractivity contribution < 1.29 is 34.0 Å². The van der Waals surface area contributed by atoms with Gasteiger partial charge in [-0.3, -0.25) is 4.79 Å². The van der Waals surface area contributed by atoms with Gasteiger partial charge in [0.15, 0.2) is 12.6 Å². The molecule has 10 atom stereocenters. The first-order valence-corrected chi connectivity index (χ1v) is 11.2. The molecule has 0 bridgehead atoms. The van der Waals surface area contributed by atoms with Crippen LogP contribution in [0, 0.1) is 28.6 Å². The van der Waals surface area contributed by atoms with E-state index in [1.807, 2.05) is 0 Å². The maximum atomic E-state index is 11.7. The van der Waals surface area contributed by atoms with E-state index in [0.29, 0.717) is 19.4 Å². The van der Waals surface area contributed by atoms with E-state index in [0.717, 1.165) is 25.7 Å². The number of carbonyl (C=O) groups excluding carboxylic acids is 1. The molecule has 2 aliphatic carbocycles. The van der Waals surface area contributed by atoms with E-state index >= 15 is 0 Å². The number of hydrogen-bond acceptors (Lipinski definition) is 7. The summed E-state index contributed by atoms with van der Waals surface area (Å²) in [6.45, 7) is 6.75. The maximum Gasteiger partial charge on any atom is 0.302 e. The van der Waals surface area contributed by atoms with E-state index in [-0.39, 0.29) is 48.1 Å². The van der Waals surface area contributed by atoms with Crippen LogP contribution in [0.4, 0.5) is 0 Å². The van der Waals surface area contributed by atoms with Crippen molar-refractivity contribution in [2.24, 2.45) is 28.6 Å². The number of aliphatic hydroxyl groups excluding tert-OH is 2. The fourth-order valence-electron chi connectivity index (χ4n) is 7.47. The Bertz CT molecular complexity index is 664. The van der Waals surface area contributed by atoms with Crippen LogP contribution in [0.15, 0.2) is 0 Å². The van der Waals surface area contributed by atoms with Gasteiger partial charge in [0.25, 0.3) is 0 Å². The summed E-state index contributed by atoms with van der Waals surface area (Å²) < 4.78 is 23.6. The minimum atomic E-state index is -0.731. The molecule has 0 unspecified atom stereocenters. The lowest BCUT2D eigenvalue weighted by molar-refractivity contribution is -0.260. The molecule has 0 aromatic carbocycles. The van der Waals surface area contributed by atoms with Crippen molar-refractivity contribution in [2.75, 3.05) is 13.2 Å². The van der Waals surface area contributed by atoms with Crippen molar-refractivity contribution in [3.63, 3.8) is 0 Å². The predicted molar refractivity (Wildman–Crippen MR) is 101 cm³/mol. The monoisotopic (exact) mass is 410 g/mol. The molecule has 5 aliphatic rings. The second-order valence-corrected chi connectivity index (χ2v) is 10.4. The summed E-state index contributed by atoms with van der Waals surface area (Å²) >= 11 is 0. The zero-order valence-electron chi connectivity index (χ0n) is 17.6. The highest BCUT2D eigenvalue weighted by atomic mass is 16.7. The number of esters is 1. The molecule has 0 radical (unpaired) electrons. The summed E-state index contributed by atoms with van der Waals surface area (Å²) in [4.78, 5) is 11.7. The van der Waals surface area contributed by atoms with Crippen LogP contribution in [-0.2, 0) is 23.7 Å². The molecular weight excluding hydrogens is 376 g/mol. The summed E-state index contributed by atoms with van der Waals surface area (Å²) in [7, 11) is 0. The Balaban J connectivity index is 1.52. The third-order valence-electron chi connectivity index (χ3n) is 9.22. The summed E-state index contributed by atoms with van der Waals surface area (Å²) in [6, 6.07) is 0. The van der Waals surface area contributed by atoms with E-state index in [1.165, 1.54) is 6.92 Å². The fourth-order valence-corrected chi connectivity index (χ4v) is 7.47. The van der Waals surface area contributed by atoms with Crippen LogP contribution in [0.1, 0.15) is 59.3 Å². The molecule has 7 nitrogen and oxygen atoms in total. The largest absolute Gasteiger partial charge is 0.465 e. The number of epoxide rings is 1. The summed E-state index contributed by atoms with van der Waals surface area (Å²) in [5.74, 6) is 0.262. The topological polar surface area (TPSA) is 97.8 Å². The maximum absolute atomic E-state index is 11.7. The number of hydrogen-bond donors (Lipinski definition) is 2. The van der Waals surface area contributed by atoms with E-state index in [4.69, 9.17) is 18.9 Å². The zero-order valence-corrected chi connectivity index (χ0v) is 17.6. The minimum Gasteiger partial charge on any atom is -0.465 e. The van der Waals surface area contributed by atoms with Gasteiger partial charge in [0.1, 0.15) is 12.2 Å². The highest BCUT2D eigenvalue weighted by molar-refractivity contribution is 5.66. The molecule has 0 aromatic heterocycles. The van der Waals surface area contributed by atoms with Crippen molar-refractivity contribution in [3.8, 4) is 0 Å². The van der Waals surface area contributed by atoms with Crippen LogP contribution in [0.2, 0.25) is 0 Å². The van der Waals surface area contributed by atoms with Crippen molar-refractivity contribution in [1.29, 1.82) is 0 Å². The van der Waals surface area contributed by atoms with Crippen LogP contribution < -0.4 is 0 Å². The van der Waals surface area contributed by atoms with Crippen molar-refractivity contribution in [1.82, 2.24) is 0 Å². The lowest BCUT2D eigenvalue weighted by Crippen LogP contribution is -2.68. The Morgan fingerprint density at radius 3 is 2.62 bits per heavy atom. The molecular formula is C22H34O7. The lowest BCUT2D eigenvalue weighted by atomic mass is 9.42. The predicted octanol–water partition coefficient (Wildman–Crippen LogP) is 1.98. The fraction of sp³-hybridized carbons (Fsp3) is 0.955. The molecule has 3 heterocycles. The van der Waals surface area contributed by atoms with Gasteiger partial charge in [0.2, 0.25) is 0 Å². The van der Waals surface area contributed by atoms with Crippen LogP contribution >= 0.6 is 0 Å². The van der Waals surface area contributed by atoms with Crippen LogP contribution in [0.25, 0.3) is 0 Å². The third-order valence-corrected chi connectivity index (χ3v) is 9.22. The average molecular weight is 411 g/mol. The van der Waals surface area contributed by atoms with Gasteiger partial charge >= 0.3 is 5.97 Å². The Kier molecular flexibility index (Phi) is 4.62. The van der Waals surface area contributed by atoms with Crippen molar-refractivity contribution in [2.45, 2.75) is 89.7 Å². The first-order valence-electron chi connectivity index (χ1n) is 11.2. The van der Waals surface area contributed by atoms with Gasteiger partial charge < -0.3 is 29.2 Å². The van der Waals surface area contributed by atoms with Gasteiger partial charge in [-0.2, -0.15) is 0 Å². The first-order chi connectivity index (χ1) is 13.7. The summed E-state index contributed by atoms with van der Waals surface area (Å²) in [6.07, 6.45) is 3.35. The molecule has 3 aliphatic heterocycles. The number of carbonyl (C=O) groups is 1. The van der Waals surface area contributed by atoms with Gasteiger partial charge in [0, 0.05) is 24.7 Å². The van der Waals surface area contributed by atoms with Crippen molar-refractivity contribution in [3.05, 3.63) is 0 Å². The molecule has 0 amide bonds. The molecule has 5 fully saturated rings. The third kappa shape index (κ3) is 2.70. The summed E-state index contributed by atoms with van der Waals surface area (Å²) in [5, 5.41) is 21.2. The molecule has 2 saturated carbocycles. The van der Waals surface area contributed by atoms with Crippen LogP contribution in [0.5, 0.6) is 0 Å². The van der Waals surface area contributed by atoms with E-state index < -0.39 is 23.4 Å². The SMILES string of the molecule is CC(=O)OC[C@@]12[C@H](CCC[C@]13CO3)[C@@](C)([C@@H]1C[C@H]3C[C@H](O)O[C@H]3O1)[C@H](C)C[C@@H]2O. The van der Waals surface area contributed by atoms with E-state index in [2.05, 4.69) is 13.8 Å². The van der Waals surface area contributed by atoms with Gasteiger partial charge in [-0.25, -0.2) is 0 Å². The Morgan fingerprint density at radius 2 is 1.97 bits per heavy atom. The minimum absolute atomic E-state index is 0.0110. The number of rotatable bonds is 3. The molecule has 0 aromatic rings. The second-order valence-electron chi connectivity index (χ2n) is 10.4. The second kappa shape index (κ2) is 6.63. The van der Waals surface area contributed by atoms with Crippen LogP contribution in [0.3, 0.4) is 0 Å². The lowest BCUT2D eigenvalue weighted by Gasteiger charge is -2.63. The molecule has 3 saturated heterocycles. The van der Waals surface area contributed by atoms with Crippen LogP contribution in [-0.4, -0.2) is 59.8 Å². The first kappa shape index (κ1) is 20.2. The molecule has 29 heavy (non-hydrogen) atoms. The molecule has 5 rings (SSSR count). The highest BCUT2D eigenvalue weighted by Gasteiger charge is 2.75. The highest BCUT2D eigenvalue weighted by Crippen LogP contribution is 2.69. The van der Waals surface area contributed by atoms with Gasteiger partial charge in [-0.15, -0.1) is 0 Å². The quantitative estimate of drug-likeness (QED) is 0.542. The average Bonchev–Trinajstić information content (AvgIpc) is 3.18. The van der Waals surface area contributed by atoms with E-state index in [9.17, 15) is 15.0 Å².